The molecule has 0 aliphatic heterocycles. The molecule has 2 atom stereocenters. The molecule has 0 saturated heterocycles. The first-order chi connectivity index (χ1) is 9.76. The molecule has 6 heteroatoms. The maximum absolute atomic E-state index is 5.40. The zero-order valence-electron chi connectivity index (χ0n) is 12.5. The summed E-state index contributed by atoms with van der Waals surface area (Å²) in [5, 5.41) is 7.33. The number of hydrogen-bond acceptors (Lipinski definition) is 6. The van der Waals surface area contributed by atoms with Crippen molar-refractivity contribution in [3.05, 3.63) is 11.9 Å². The maximum Gasteiger partial charge on any atom is 0.158 e. The highest BCUT2D eigenvalue weighted by Crippen LogP contribution is 2.30. The van der Waals surface area contributed by atoms with E-state index in [1.54, 1.807) is 0 Å². The van der Waals surface area contributed by atoms with Gasteiger partial charge in [0, 0.05) is 31.0 Å². The van der Waals surface area contributed by atoms with Gasteiger partial charge in [-0.3, -0.25) is 0 Å². The number of nitrogens with one attached hydrogen (secondary N) is 2. The van der Waals surface area contributed by atoms with Crippen LogP contribution in [0.4, 0.5) is 11.6 Å². The van der Waals surface area contributed by atoms with Gasteiger partial charge in [0.05, 0.1) is 0 Å². The lowest BCUT2D eigenvalue weighted by atomic mass is 10.2. The van der Waals surface area contributed by atoms with Crippen molar-refractivity contribution in [1.82, 2.24) is 9.97 Å². The second-order valence-electron chi connectivity index (χ2n) is 4.90. The van der Waals surface area contributed by atoms with Gasteiger partial charge >= 0.3 is 0 Å². The van der Waals surface area contributed by atoms with Crippen LogP contribution in [0, 0.1) is 0 Å². The highest BCUT2D eigenvalue weighted by molar-refractivity contribution is 7.99. The summed E-state index contributed by atoms with van der Waals surface area (Å²) in [7, 11) is 1.87. The fourth-order valence-electron chi connectivity index (χ4n) is 2.52. The van der Waals surface area contributed by atoms with Crippen LogP contribution in [0.1, 0.15) is 32.0 Å². The number of hydrogen-bond donors (Lipinski definition) is 2. The average Bonchev–Trinajstić information content (AvgIpc) is 2.92. The number of thioether (sulfide) groups is 1. The predicted molar refractivity (Wildman–Crippen MR) is 85.5 cm³/mol. The predicted octanol–water partition coefficient (Wildman–Crippen LogP) is 2.75. The zero-order valence-corrected chi connectivity index (χ0v) is 13.3. The van der Waals surface area contributed by atoms with Crippen molar-refractivity contribution in [1.29, 1.82) is 0 Å². The Labute approximate surface area is 125 Å². The molecule has 2 rings (SSSR count). The van der Waals surface area contributed by atoms with Crippen molar-refractivity contribution < 1.29 is 4.74 Å². The first-order valence-electron chi connectivity index (χ1n) is 7.19. The van der Waals surface area contributed by atoms with Gasteiger partial charge in [-0.2, -0.15) is 11.8 Å². The maximum atomic E-state index is 5.40. The molecule has 1 saturated carbocycles. The van der Waals surface area contributed by atoms with Crippen molar-refractivity contribution in [2.45, 2.75) is 44.1 Å². The van der Waals surface area contributed by atoms with E-state index in [0.717, 1.165) is 17.5 Å². The number of nitrogens with zero attached hydrogens (tertiary/aromatic N) is 2. The Morgan fingerprint density at radius 1 is 1.35 bits per heavy atom. The lowest BCUT2D eigenvalue weighted by molar-refractivity contribution is 0.128. The summed E-state index contributed by atoms with van der Waals surface area (Å²) in [5.74, 6) is 2.45. The number of rotatable bonds is 7. The van der Waals surface area contributed by atoms with Gasteiger partial charge in [0.25, 0.3) is 0 Å². The monoisotopic (exact) mass is 296 g/mol. The van der Waals surface area contributed by atoms with Gasteiger partial charge in [0.1, 0.15) is 18.2 Å². The minimum atomic E-state index is 0.456. The lowest BCUT2D eigenvalue weighted by Gasteiger charge is -2.20. The van der Waals surface area contributed by atoms with Crippen LogP contribution in [-0.4, -0.2) is 41.2 Å². The molecule has 0 amide bonds. The highest BCUT2D eigenvalue weighted by Gasteiger charge is 2.26. The standard InChI is InChI=1S/C14H24N4OS/c1-4-19-9-14-17-12(15-2)8-13(18-14)16-10-6-5-7-11(10)20-3/h8,10-11H,4-7,9H2,1-3H3,(H2,15,16,17,18). The lowest BCUT2D eigenvalue weighted by Crippen LogP contribution is -2.26. The third kappa shape index (κ3) is 3.99. The van der Waals surface area contributed by atoms with Crippen LogP contribution < -0.4 is 10.6 Å². The minimum absolute atomic E-state index is 0.456. The smallest absolute Gasteiger partial charge is 0.158 e. The number of anilines is 2. The Balaban J connectivity index is 2.09. The van der Waals surface area contributed by atoms with Gasteiger partial charge in [-0.05, 0) is 26.0 Å². The van der Waals surface area contributed by atoms with Gasteiger partial charge in [0.2, 0.25) is 0 Å². The summed E-state index contributed by atoms with van der Waals surface area (Å²) in [5.41, 5.74) is 0. The quantitative estimate of drug-likeness (QED) is 0.807. The molecule has 0 bridgehead atoms. The third-order valence-corrected chi connectivity index (χ3v) is 4.72. The molecule has 112 valence electrons. The summed E-state index contributed by atoms with van der Waals surface area (Å²) >= 11 is 1.94. The molecule has 1 aliphatic carbocycles. The summed E-state index contributed by atoms with van der Waals surface area (Å²) < 4.78 is 5.40. The first kappa shape index (κ1) is 15.4. The van der Waals surface area contributed by atoms with E-state index in [2.05, 4.69) is 26.9 Å². The van der Waals surface area contributed by atoms with Crippen molar-refractivity contribution in [2.24, 2.45) is 0 Å². The first-order valence-corrected chi connectivity index (χ1v) is 8.48. The Bertz CT molecular complexity index is 430. The molecule has 1 heterocycles. The number of aromatic nitrogens is 2. The van der Waals surface area contributed by atoms with E-state index in [0.29, 0.717) is 24.5 Å². The Morgan fingerprint density at radius 2 is 2.15 bits per heavy atom. The van der Waals surface area contributed by atoms with Crippen molar-refractivity contribution in [3.8, 4) is 0 Å². The largest absolute Gasteiger partial charge is 0.374 e. The molecule has 0 aromatic carbocycles. The summed E-state index contributed by atoms with van der Waals surface area (Å²) in [6.07, 6.45) is 5.98. The van der Waals surface area contributed by atoms with Crippen molar-refractivity contribution in [2.75, 3.05) is 30.5 Å². The van der Waals surface area contributed by atoms with Crippen LogP contribution >= 0.6 is 11.8 Å². The second kappa shape index (κ2) is 7.69. The SMILES string of the molecule is CCOCc1nc(NC)cc(NC2CCCC2SC)n1. The highest BCUT2D eigenvalue weighted by atomic mass is 32.2. The van der Waals surface area contributed by atoms with Crippen LogP contribution in [0.5, 0.6) is 0 Å². The van der Waals surface area contributed by atoms with Gasteiger partial charge < -0.3 is 15.4 Å². The van der Waals surface area contributed by atoms with E-state index in [1.165, 1.54) is 19.3 Å². The molecule has 0 spiro atoms. The molecule has 20 heavy (non-hydrogen) atoms. The zero-order chi connectivity index (χ0) is 14.4. The Morgan fingerprint density at radius 3 is 2.85 bits per heavy atom. The minimum Gasteiger partial charge on any atom is -0.374 e. The van der Waals surface area contributed by atoms with E-state index in [1.807, 2.05) is 31.8 Å². The molecule has 2 unspecified atom stereocenters. The summed E-state index contributed by atoms with van der Waals surface area (Å²) in [4.78, 5) is 8.97. The fraction of sp³-hybridized carbons (Fsp3) is 0.714. The fourth-order valence-corrected chi connectivity index (χ4v) is 3.46. The van der Waals surface area contributed by atoms with E-state index in [4.69, 9.17) is 4.74 Å². The van der Waals surface area contributed by atoms with Gasteiger partial charge in [-0.1, -0.05) is 6.42 Å². The second-order valence-corrected chi connectivity index (χ2v) is 5.97. The molecule has 2 N–H and O–H groups in total. The van der Waals surface area contributed by atoms with E-state index in [-0.39, 0.29) is 0 Å². The van der Waals surface area contributed by atoms with E-state index < -0.39 is 0 Å². The molecular weight excluding hydrogens is 272 g/mol. The van der Waals surface area contributed by atoms with Gasteiger partial charge in [0.15, 0.2) is 5.82 Å². The molecule has 1 aliphatic rings. The van der Waals surface area contributed by atoms with Crippen LogP contribution in [0.3, 0.4) is 0 Å². The van der Waals surface area contributed by atoms with Gasteiger partial charge in [-0.25, -0.2) is 9.97 Å². The molecule has 0 radical (unpaired) electrons. The Kier molecular flexibility index (Phi) is 5.91. The average molecular weight is 296 g/mol. The Hall–Kier alpha value is -1.01. The van der Waals surface area contributed by atoms with Crippen LogP contribution in [0.15, 0.2) is 6.07 Å². The molecule has 5 nitrogen and oxygen atoms in total. The van der Waals surface area contributed by atoms with Crippen LogP contribution in [-0.2, 0) is 11.3 Å². The molecule has 1 aromatic heterocycles. The van der Waals surface area contributed by atoms with Crippen molar-refractivity contribution in [3.63, 3.8) is 0 Å². The third-order valence-electron chi connectivity index (χ3n) is 3.55. The van der Waals surface area contributed by atoms with Crippen LogP contribution in [0.25, 0.3) is 0 Å². The van der Waals surface area contributed by atoms with E-state index in [9.17, 15) is 0 Å². The summed E-state index contributed by atoms with van der Waals surface area (Å²) in [6, 6.07) is 2.47. The van der Waals surface area contributed by atoms with Crippen LogP contribution in [0.2, 0.25) is 0 Å². The number of ether oxygens (including phenoxy) is 1. The molecule has 1 aromatic rings. The molecular formula is C14H24N4OS. The topological polar surface area (TPSA) is 59.1 Å². The normalized spacial score (nSPS) is 21.9. The molecule has 1 fully saturated rings. The van der Waals surface area contributed by atoms with Crippen molar-refractivity contribution >= 4 is 23.4 Å². The van der Waals surface area contributed by atoms with E-state index >= 15 is 0 Å². The summed E-state index contributed by atoms with van der Waals surface area (Å²) in [6.45, 7) is 3.10. The van der Waals surface area contributed by atoms with Gasteiger partial charge in [-0.15, -0.1) is 0 Å².